The Kier molecular flexibility index (Phi) is 2.38. The number of rotatable bonds is 2. The van der Waals surface area contributed by atoms with Gasteiger partial charge in [0.2, 0.25) is 0 Å². The number of carbonyl (C=O) groups is 1. The zero-order valence-electron chi connectivity index (χ0n) is 7.64. The fourth-order valence-electron chi connectivity index (χ4n) is 1.08. The number of aromatic amines is 1. The number of H-pyrrole nitrogens is 1. The van der Waals surface area contributed by atoms with Crippen molar-refractivity contribution >= 4 is 5.91 Å². The van der Waals surface area contributed by atoms with Gasteiger partial charge in [-0.1, -0.05) is 0 Å². The molecule has 0 fully saturated rings. The monoisotopic (exact) mass is 204 g/mol. The summed E-state index contributed by atoms with van der Waals surface area (Å²) in [7, 11) is 0. The molecule has 2 heterocycles. The second-order valence-corrected chi connectivity index (χ2v) is 2.73. The number of hydrogen-bond acceptors (Lipinski definition) is 5. The fraction of sp³-hybridized carbons (Fsp3) is 0. The molecule has 0 radical (unpaired) electrons. The van der Waals surface area contributed by atoms with Crippen molar-refractivity contribution in [3.8, 4) is 11.4 Å². The van der Waals surface area contributed by atoms with Gasteiger partial charge in [-0.15, -0.1) is 0 Å². The lowest BCUT2D eigenvalue weighted by Crippen LogP contribution is -2.30. The third-order valence-corrected chi connectivity index (χ3v) is 1.78. The van der Waals surface area contributed by atoms with E-state index < -0.39 is 5.91 Å². The van der Waals surface area contributed by atoms with Gasteiger partial charge in [0.05, 0.1) is 11.9 Å². The topological polar surface area (TPSA) is 110 Å². The van der Waals surface area contributed by atoms with Gasteiger partial charge in [-0.3, -0.25) is 25.3 Å². The lowest BCUT2D eigenvalue weighted by Gasteiger charge is -1.92. The molecule has 0 aliphatic rings. The molecule has 0 saturated heterocycles. The summed E-state index contributed by atoms with van der Waals surface area (Å²) in [5.41, 5.74) is 3.42. The molecular formula is C8H8N6O. The fourth-order valence-corrected chi connectivity index (χ4v) is 1.08. The molecule has 2 aromatic heterocycles. The molecule has 0 aliphatic carbocycles. The van der Waals surface area contributed by atoms with Crippen LogP contribution in [0.3, 0.4) is 0 Å². The summed E-state index contributed by atoms with van der Waals surface area (Å²) in [6.07, 6.45) is 4.68. The van der Waals surface area contributed by atoms with E-state index in [-0.39, 0.29) is 5.69 Å². The molecule has 0 spiro atoms. The first-order valence-electron chi connectivity index (χ1n) is 4.14. The third kappa shape index (κ3) is 1.81. The van der Waals surface area contributed by atoms with Crippen molar-refractivity contribution in [2.75, 3.05) is 0 Å². The van der Waals surface area contributed by atoms with E-state index in [1.54, 1.807) is 24.7 Å². The van der Waals surface area contributed by atoms with E-state index in [1.807, 2.05) is 5.43 Å². The van der Waals surface area contributed by atoms with Crippen molar-refractivity contribution < 1.29 is 4.79 Å². The highest BCUT2D eigenvalue weighted by molar-refractivity contribution is 5.92. The zero-order valence-corrected chi connectivity index (χ0v) is 7.64. The molecule has 0 aromatic carbocycles. The highest BCUT2D eigenvalue weighted by Gasteiger charge is 2.10. The van der Waals surface area contributed by atoms with E-state index in [4.69, 9.17) is 5.84 Å². The van der Waals surface area contributed by atoms with Crippen LogP contribution in [0, 0.1) is 0 Å². The Morgan fingerprint density at radius 3 is 3.00 bits per heavy atom. The maximum atomic E-state index is 11.1. The van der Waals surface area contributed by atoms with Gasteiger partial charge in [-0.05, 0) is 6.07 Å². The molecule has 76 valence electrons. The maximum Gasteiger partial charge on any atom is 0.285 e. The molecular weight excluding hydrogens is 196 g/mol. The standard InChI is InChI=1S/C8H8N6O/c9-12-8(15)6-3-5(13-14-6)7-4-10-1-2-11-7/h1-4H,9H2,(H,12,15)(H,13,14). The van der Waals surface area contributed by atoms with E-state index in [0.717, 1.165) is 0 Å². The zero-order chi connectivity index (χ0) is 10.7. The van der Waals surface area contributed by atoms with Crippen molar-refractivity contribution in [3.05, 3.63) is 30.4 Å². The first-order valence-corrected chi connectivity index (χ1v) is 4.14. The number of aromatic nitrogens is 4. The molecule has 7 nitrogen and oxygen atoms in total. The molecule has 0 aliphatic heterocycles. The van der Waals surface area contributed by atoms with Crippen molar-refractivity contribution in [1.29, 1.82) is 0 Å². The largest absolute Gasteiger partial charge is 0.289 e. The summed E-state index contributed by atoms with van der Waals surface area (Å²) in [6, 6.07) is 1.55. The van der Waals surface area contributed by atoms with Crippen LogP contribution >= 0.6 is 0 Å². The average Bonchev–Trinajstić information content (AvgIpc) is 2.78. The molecule has 2 aromatic rings. The Bertz CT molecular complexity index is 465. The molecule has 2 rings (SSSR count). The van der Waals surface area contributed by atoms with Crippen molar-refractivity contribution in [1.82, 2.24) is 25.6 Å². The third-order valence-electron chi connectivity index (χ3n) is 1.78. The van der Waals surface area contributed by atoms with Gasteiger partial charge in [0.15, 0.2) is 5.69 Å². The van der Waals surface area contributed by atoms with Crippen LogP contribution in [0.15, 0.2) is 24.7 Å². The maximum absolute atomic E-state index is 11.1. The van der Waals surface area contributed by atoms with E-state index in [1.165, 1.54) is 0 Å². The molecule has 0 unspecified atom stereocenters. The van der Waals surface area contributed by atoms with E-state index >= 15 is 0 Å². The van der Waals surface area contributed by atoms with Crippen LogP contribution in [0.5, 0.6) is 0 Å². The summed E-state index contributed by atoms with van der Waals surface area (Å²) >= 11 is 0. The minimum atomic E-state index is -0.457. The first kappa shape index (κ1) is 9.28. The normalized spacial score (nSPS) is 9.93. The van der Waals surface area contributed by atoms with Crippen molar-refractivity contribution in [2.24, 2.45) is 5.84 Å². The van der Waals surface area contributed by atoms with Gasteiger partial charge in [0.25, 0.3) is 5.91 Å². The molecule has 1 amide bonds. The molecule has 0 bridgehead atoms. The van der Waals surface area contributed by atoms with Gasteiger partial charge in [0.1, 0.15) is 5.69 Å². The number of nitrogens with two attached hydrogens (primary N) is 1. The van der Waals surface area contributed by atoms with Gasteiger partial charge in [-0.2, -0.15) is 5.10 Å². The summed E-state index contributed by atoms with van der Waals surface area (Å²) in [4.78, 5) is 19.1. The number of hydrogen-bond donors (Lipinski definition) is 3. The van der Waals surface area contributed by atoms with Crippen LogP contribution in [-0.4, -0.2) is 26.1 Å². The van der Waals surface area contributed by atoms with Crippen molar-refractivity contribution in [2.45, 2.75) is 0 Å². The highest BCUT2D eigenvalue weighted by Crippen LogP contribution is 2.12. The van der Waals surface area contributed by atoms with Crippen LogP contribution in [0.1, 0.15) is 10.5 Å². The molecule has 0 atom stereocenters. The molecule has 0 saturated carbocycles. The van der Waals surface area contributed by atoms with Crippen LogP contribution < -0.4 is 11.3 Å². The van der Waals surface area contributed by atoms with Crippen LogP contribution in [0.25, 0.3) is 11.4 Å². The number of nitrogen functional groups attached to an aromatic ring is 1. The average molecular weight is 204 g/mol. The summed E-state index contributed by atoms with van der Waals surface area (Å²) in [6.45, 7) is 0. The Morgan fingerprint density at radius 2 is 2.33 bits per heavy atom. The van der Waals surface area contributed by atoms with Crippen LogP contribution in [0.4, 0.5) is 0 Å². The highest BCUT2D eigenvalue weighted by atomic mass is 16.2. The lowest BCUT2D eigenvalue weighted by atomic mass is 10.3. The van der Waals surface area contributed by atoms with Crippen LogP contribution in [0.2, 0.25) is 0 Å². The smallest absolute Gasteiger partial charge is 0.285 e. The van der Waals surface area contributed by atoms with E-state index in [9.17, 15) is 4.79 Å². The molecule has 15 heavy (non-hydrogen) atoms. The van der Waals surface area contributed by atoms with Gasteiger partial charge in [0, 0.05) is 12.4 Å². The lowest BCUT2D eigenvalue weighted by molar-refractivity contribution is 0.0948. The Hall–Kier alpha value is -2.28. The second kappa shape index (κ2) is 3.84. The number of carbonyl (C=O) groups excluding carboxylic acids is 1. The summed E-state index contributed by atoms with van der Waals surface area (Å²) < 4.78 is 0. The van der Waals surface area contributed by atoms with E-state index in [0.29, 0.717) is 11.4 Å². The SMILES string of the molecule is NNC(=O)c1cc(-c2cnccn2)[nH]n1. The van der Waals surface area contributed by atoms with E-state index in [2.05, 4.69) is 20.2 Å². The van der Waals surface area contributed by atoms with Gasteiger partial charge >= 0.3 is 0 Å². The van der Waals surface area contributed by atoms with Crippen LogP contribution in [-0.2, 0) is 0 Å². The molecule has 4 N–H and O–H groups in total. The van der Waals surface area contributed by atoms with Crippen molar-refractivity contribution in [3.63, 3.8) is 0 Å². The predicted molar refractivity (Wildman–Crippen MR) is 51.3 cm³/mol. The number of amides is 1. The summed E-state index contributed by atoms with van der Waals surface area (Å²) in [5.74, 6) is 4.51. The summed E-state index contributed by atoms with van der Waals surface area (Å²) in [5, 5.41) is 6.45. The Balaban J connectivity index is 2.32. The van der Waals surface area contributed by atoms with Gasteiger partial charge < -0.3 is 0 Å². The van der Waals surface area contributed by atoms with Gasteiger partial charge in [-0.25, -0.2) is 5.84 Å². The molecule has 7 heteroatoms. The Labute approximate surface area is 84.7 Å². The number of nitrogens with zero attached hydrogens (tertiary/aromatic N) is 3. The quantitative estimate of drug-likeness (QED) is 0.346. The predicted octanol–water partition coefficient (Wildman–Crippen LogP) is -0.530. The minimum absolute atomic E-state index is 0.207. The number of hydrazine groups is 1. The minimum Gasteiger partial charge on any atom is -0.289 e. The first-order chi connectivity index (χ1) is 7.31. The second-order valence-electron chi connectivity index (χ2n) is 2.73. The number of nitrogens with one attached hydrogen (secondary N) is 2. The Morgan fingerprint density at radius 1 is 1.47 bits per heavy atom.